The van der Waals surface area contributed by atoms with E-state index in [2.05, 4.69) is 11.9 Å². The maximum absolute atomic E-state index is 11.3. The van der Waals surface area contributed by atoms with Crippen molar-refractivity contribution in [2.45, 2.75) is 19.3 Å². The zero-order chi connectivity index (χ0) is 11.5. The molecule has 1 aliphatic heterocycles. The fraction of sp³-hybridized carbons (Fsp3) is 0.308. The first kappa shape index (κ1) is 10.7. The zero-order valence-corrected chi connectivity index (χ0v) is 9.32. The van der Waals surface area contributed by atoms with Gasteiger partial charge in [0.2, 0.25) is 0 Å². The average molecular weight is 217 g/mol. The van der Waals surface area contributed by atoms with Crippen molar-refractivity contribution in [3.05, 3.63) is 36.4 Å². The van der Waals surface area contributed by atoms with E-state index in [1.54, 1.807) is 6.08 Å². The largest absolute Gasteiger partial charge is 0.426 e. The molecule has 84 valence electrons. The molecule has 0 amide bonds. The summed E-state index contributed by atoms with van der Waals surface area (Å²) in [6.07, 6.45) is 2.25. The third-order valence-corrected chi connectivity index (χ3v) is 2.69. The first-order valence-electron chi connectivity index (χ1n) is 5.40. The van der Waals surface area contributed by atoms with Gasteiger partial charge in [0, 0.05) is 18.3 Å². The summed E-state index contributed by atoms with van der Waals surface area (Å²) in [7, 11) is 0. The molecule has 0 bridgehead atoms. The second kappa shape index (κ2) is 4.39. The second-order valence-electron chi connectivity index (χ2n) is 4.00. The van der Waals surface area contributed by atoms with Gasteiger partial charge in [0.1, 0.15) is 5.75 Å². The standard InChI is InChI=1S/C13H15NO2/c1-3-6-14-10-4-5-11-9(2)7-13(15)16-12(11)8-10/h3-5,8-9,14H,1,6-7H2,2H3. The van der Waals surface area contributed by atoms with Crippen LogP contribution < -0.4 is 10.1 Å². The van der Waals surface area contributed by atoms with Gasteiger partial charge < -0.3 is 10.1 Å². The Balaban J connectivity index is 2.26. The quantitative estimate of drug-likeness (QED) is 0.480. The number of hydrogen-bond donors (Lipinski definition) is 1. The maximum atomic E-state index is 11.3. The summed E-state index contributed by atoms with van der Waals surface area (Å²) in [5, 5.41) is 3.16. The van der Waals surface area contributed by atoms with Crippen molar-refractivity contribution in [2.24, 2.45) is 0 Å². The lowest BCUT2D eigenvalue weighted by molar-refractivity contribution is -0.135. The Morgan fingerprint density at radius 1 is 1.62 bits per heavy atom. The summed E-state index contributed by atoms with van der Waals surface area (Å²) >= 11 is 0. The highest BCUT2D eigenvalue weighted by Crippen LogP contribution is 2.35. The minimum Gasteiger partial charge on any atom is -0.426 e. The molecule has 0 radical (unpaired) electrons. The van der Waals surface area contributed by atoms with Gasteiger partial charge in [0.05, 0.1) is 6.42 Å². The third kappa shape index (κ3) is 2.08. The minimum absolute atomic E-state index is 0.152. The Morgan fingerprint density at radius 3 is 3.19 bits per heavy atom. The van der Waals surface area contributed by atoms with E-state index in [4.69, 9.17) is 4.74 Å². The molecule has 0 aliphatic carbocycles. The molecule has 16 heavy (non-hydrogen) atoms. The summed E-state index contributed by atoms with van der Waals surface area (Å²) < 4.78 is 5.22. The summed E-state index contributed by atoms with van der Waals surface area (Å²) in [5.41, 5.74) is 2.05. The van der Waals surface area contributed by atoms with Crippen LogP contribution in [-0.4, -0.2) is 12.5 Å². The third-order valence-electron chi connectivity index (χ3n) is 2.69. The summed E-state index contributed by atoms with van der Waals surface area (Å²) in [4.78, 5) is 11.3. The number of benzene rings is 1. The van der Waals surface area contributed by atoms with Gasteiger partial charge in [0.15, 0.2) is 0 Å². The molecule has 3 nitrogen and oxygen atoms in total. The molecule has 0 spiro atoms. The summed E-state index contributed by atoms with van der Waals surface area (Å²) in [6, 6.07) is 5.88. The minimum atomic E-state index is -0.152. The zero-order valence-electron chi connectivity index (χ0n) is 9.32. The van der Waals surface area contributed by atoms with Crippen molar-refractivity contribution in [1.29, 1.82) is 0 Å². The van der Waals surface area contributed by atoms with Gasteiger partial charge in [0.25, 0.3) is 0 Å². The van der Waals surface area contributed by atoms with E-state index in [9.17, 15) is 4.79 Å². The van der Waals surface area contributed by atoms with Crippen LogP contribution >= 0.6 is 0 Å². The fourth-order valence-corrected chi connectivity index (χ4v) is 1.85. The van der Waals surface area contributed by atoms with E-state index in [0.717, 1.165) is 11.3 Å². The lowest BCUT2D eigenvalue weighted by Gasteiger charge is -2.22. The number of anilines is 1. The SMILES string of the molecule is C=CCNc1ccc2c(c1)OC(=O)CC2C. The highest BCUT2D eigenvalue weighted by Gasteiger charge is 2.23. The predicted molar refractivity (Wildman–Crippen MR) is 63.8 cm³/mol. The maximum Gasteiger partial charge on any atom is 0.311 e. The fourth-order valence-electron chi connectivity index (χ4n) is 1.85. The van der Waals surface area contributed by atoms with Crippen LogP contribution in [0, 0.1) is 0 Å². The Hall–Kier alpha value is -1.77. The van der Waals surface area contributed by atoms with Crippen molar-refractivity contribution >= 4 is 11.7 Å². The van der Waals surface area contributed by atoms with Gasteiger partial charge in [-0.25, -0.2) is 0 Å². The number of carbonyl (C=O) groups is 1. The van der Waals surface area contributed by atoms with E-state index >= 15 is 0 Å². The van der Waals surface area contributed by atoms with Crippen molar-refractivity contribution in [3.63, 3.8) is 0 Å². The van der Waals surface area contributed by atoms with Crippen molar-refractivity contribution in [1.82, 2.24) is 0 Å². The molecular weight excluding hydrogens is 202 g/mol. The van der Waals surface area contributed by atoms with Gasteiger partial charge in [-0.15, -0.1) is 6.58 Å². The molecule has 1 aromatic rings. The van der Waals surface area contributed by atoms with E-state index in [0.29, 0.717) is 18.7 Å². The Bertz CT molecular complexity index is 426. The molecule has 0 saturated carbocycles. The van der Waals surface area contributed by atoms with Gasteiger partial charge >= 0.3 is 5.97 Å². The number of carbonyl (C=O) groups excluding carboxylic acids is 1. The monoisotopic (exact) mass is 217 g/mol. The number of nitrogens with one attached hydrogen (secondary N) is 1. The number of esters is 1. The van der Waals surface area contributed by atoms with Crippen LogP contribution in [0.3, 0.4) is 0 Å². The second-order valence-corrected chi connectivity index (χ2v) is 4.00. The highest BCUT2D eigenvalue weighted by molar-refractivity contribution is 5.77. The molecular formula is C13H15NO2. The Morgan fingerprint density at radius 2 is 2.44 bits per heavy atom. The van der Waals surface area contributed by atoms with Crippen molar-refractivity contribution < 1.29 is 9.53 Å². The molecule has 1 heterocycles. The molecule has 0 aromatic heterocycles. The van der Waals surface area contributed by atoms with Gasteiger partial charge in [-0.2, -0.15) is 0 Å². The topological polar surface area (TPSA) is 38.3 Å². The lowest BCUT2D eigenvalue weighted by Crippen LogP contribution is -2.18. The molecule has 2 rings (SSSR count). The summed E-state index contributed by atoms with van der Waals surface area (Å²) in [6.45, 7) is 6.37. The van der Waals surface area contributed by atoms with Crippen LogP contribution in [0.15, 0.2) is 30.9 Å². The van der Waals surface area contributed by atoms with E-state index < -0.39 is 0 Å². The van der Waals surface area contributed by atoms with Gasteiger partial charge in [-0.05, 0) is 17.5 Å². The predicted octanol–water partition coefficient (Wildman–Crippen LogP) is 2.70. The highest BCUT2D eigenvalue weighted by atomic mass is 16.5. The molecule has 3 heteroatoms. The van der Waals surface area contributed by atoms with Crippen LogP contribution in [0.5, 0.6) is 5.75 Å². The number of ether oxygens (including phenoxy) is 1. The van der Waals surface area contributed by atoms with Crippen LogP contribution in [-0.2, 0) is 4.79 Å². The van der Waals surface area contributed by atoms with Crippen LogP contribution in [0.4, 0.5) is 5.69 Å². The van der Waals surface area contributed by atoms with Crippen LogP contribution in [0.1, 0.15) is 24.8 Å². The number of rotatable bonds is 3. The van der Waals surface area contributed by atoms with Crippen LogP contribution in [0.2, 0.25) is 0 Å². The Labute approximate surface area is 95.1 Å². The smallest absolute Gasteiger partial charge is 0.311 e. The molecule has 0 fully saturated rings. The number of fused-ring (bicyclic) bond motifs is 1. The molecule has 1 atom stereocenters. The van der Waals surface area contributed by atoms with Gasteiger partial charge in [-0.1, -0.05) is 19.1 Å². The first-order valence-corrected chi connectivity index (χ1v) is 5.40. The first-order chi connectivity index (χ1) is 7.70. The summed E-state index contributed by atoms with van der Waals surface area (Å²) in [5.74, 6) is 0.767. The van der Waals surface area contributed by atoms with E-state index in [1.165, 1.54) is 0 Å². The molecule has 1 unspecified atom stereocenters. The lowest BCUT2D eigenvalue weighted by atomic mass is 9.94. The normalized spacial score (nSPS) is 18.6. The van der Waals surface area contributed by atoms with Gasteiger partial charge in [-0.3, -0.25) is 4.79 Å². The Kier molecular flexibility index (Phi) is 2.95. The average Bonchev–Trinajstić information content (AvgIpc) is 2.25. The molecule has 0 saturated heterocycles. The molecule has 1 N–H and O–H groups in total. The van der Waals surface area contributed by atoms with E-state index in [1.807, 2.05) is 25.1 Å². The van der Waals surface area contributed by atoms with Crippen molar-refractivity contribution in [2.75, 3.05) is 11.9 Å². The van der Waals surface area contributed by atoms with Crippen molar-refractivity contribution in [3.8, 4) is 5.75 Å². The molecule has 1 aliphatic rings. The van der Waals surface area contributed by atoms with Crippen LogP contribution in [0.25, 0.3) is 0 Å². The number of hydrogen-bond acceptors (Lipinski definition) is 3. The molecule has 1 aromatic carbocycles. The van der Waals surface area contributed by atoms with E-state index in [-0.39, 0.29) is 11.9 Å².